The van der Waals surface area contributed by atoms with Crippen LogP contribution in [0.3, 0.4) is 0 Å². The molecule has 0 aromatic carbocycles. The molecule has 0 bridgehead atoms. The van der Waals surface area contributed by atoms with Crippen molar-refractivity contribution in [2.24, 2.45) is 17.8 Å². The lowest BCUT2D eigenvalue weighted by molar-refractivity contribution is -0.127. The van der Waals surface area contributed by atoms with E-state index in [2.05, 4.69) is 6.92 Å². The van der Waals surface area contributed by atoms with E-state index in [0.29, 0.717) is 23.4 Å². The van der Waals surface area contributed by atoms with Crippen LogP contribution >= 0.6 is 0 Å². The minimum absolute atomic E-state index is 0.341. The fourth-order valence-electron chi connectivity index (χ4n) is 2.58. The highest BCUT2D eigenvalue weighted by Gasteiger charge is 2.23. The molecule has 2 nitrogen and oxygen atoms in total. The van der Waals surface area contributed by atoms with Crippen molar-refractivity contribution in [3.8, 4) is 0 Å². The number of rotatable bonds is 0. The molecule has 2 atom stereocenters. The molecule has 0 saturated heterocycles. The SMILES string of the molecule is CC1CCC(=O)CC1.CC1CCCC(C)C1=O. The van der Waals surface area contributed by atoms with Gasteiger partial charge in [0.05, 0.1) is 0 Å². The van der Waals surface area contributed by atoms with Crippen LogP contribution in [-0.2, 0) is 9.59 Å². The molecule has 2 rings (SSSR count). The molecular weight excluding hydrogens is 212 g/mol. The summed E-state index contributed by atoms with van der Waals surface area (Å²) in [6.07, 6.45) is 7.39. The Morgan fingerprint density at radius 1 is 0.824 bits per heavy atom. The Labute approximate surface area is 105 Å². The van der Waals surface area contributed by atoms with E-state index in [9.17, 15) is 9.59 Å². The number of Topliss-reactive ketones (excluding diaryl/α,β-unsaturated/α-hetero) is 2. The molecule has 0 heterocycles. The Morgan fingerprint density at radius 3 is 1.65 bits per heavy atom. The molecule has 0 N–H and O–H groups in total. The molecule has 0 amide bonds. The summed E-state index contributed by atoms with van der Waals surface area (Å²) in [6.45, 7) is 6.29. The molecule has 2 aliphatic rings. The second kappa shape index (κ2) is 6.93. The maximum absolute atomic E-state index is 11.1. The Bertz CT molecular complexity index is 248. The van der Waals surface area contributed by atoms with Crippen molar-refractivity contribution in [3.05, 3.63) is 0 Å². The van der Waals surface area contributed by atoms with Gasteiger partial charge in [0.1, 0.15) is 11.6 Å². The second-order valence-corrected chi connectivity index (χ2v) is 5.86. The summed E-state index contributed by atoms with van der Waals surface area (Å²) in [5, 5.41) is 0. The van der Waals surface area contributed by atoms with Crippen molar-refractivity contribution in [1.82, 2.24) is 0 Å². The van der Waals surface area contributed by atoms with Crippen molar-refractivity contribution in [2.45, 2.75) is 65.7 Å². The minimum Gasteiger partial charge on any atom is -0.300 e. The van der Waals surface area contributed by atoms with Gasteiger partial charge in [-0.1, -0.05) is 27.2 Å². The lowest BCUT2D eigenvalue weighted by Gasteiger charge is -2.21. The number of hydrogen-bond donors (Lipinski definition) is 0. The standard InChI is InChI=1S/C8H14O.C7H12O/c1-6-4-3-5-7(2)8(6)9;1-6-2-4-7(8)5-3-6/h6-7H,3-5H2,1-2H3;6H,2-5H2,1H3. The number of carbonyl (C=O) groups excluding carboxylic acids is 2. The topological polar surface area (TPSA) is 34.1 Å². The van der Waals surface area contributed by atoms with E-state index in [1.807, 2.05) is 13.8 Å². The van der Waals surface area contributed by atoms with Crippen LogP contribution in [0.4, 0.5) is 0 Å². The number of carbonyl (C=O) groups is 2. The normalized spacial score (nSPS) is 30.8. The van der Waals surface area contributed by atoms with Crippen molar-refractivity contribution in [1.29, 1.82) is 0 Å². The van der Waals surface area contributed by atoms with Gasteiger partial charge in [-0.3, -0.25) is 9.59 Å². The fourth-order valence-corrected chi connectivity index (χ4v) is 2.58. The van der Waals surface area contributed by atoms with Gasteiger partial charge >= 0.3 is 0 Å². The summed E-state index contributed by atoms with van der Waals surface area (Å²) in [5.41, 5.74) is 0. The van der Waals surface area contributed by atoms with Crippen LogP contribution in [0.15, 0.2) is 0 Å². The highest BCUT2D eigenvalue weighted by Crippen LogP contribution is 2.24. The van der Waals surface area contributed by atoms with Gasteiger partial charge < -0.3 is 0 Å². The molecule has 0 aromatic rings. The molecule has 17 heavy (non-hydrogen) atoms. The molecule has 2 aliphatic carbocycles. The molecule has 2 unspecified atom stereocenters. The summed E-state index contributed by atoms with van der Waals surface area (Å²) in [7, 11) is 0. The quantitative estimate of drug-likeness (QED) is 0.643. The predicted octanol–water partition coefficient (Wildman–Crippen LogP) is 3.78. The largest absolute Gasteiger partial charge is 0.300 e. The molecular formula is C15H26O2. The zero-order valence-corrected chi connectivity index (χ0v) is 11.5. The maximum atomic E-state index is 11.1. The van der Waals surface area contributed by atoms with E-state index < -0.39 is 0 Å². The fraction of sp³-hybridized carbons (Fsp3) is 0.867. The number of ketones is 2. The van der Waals surface area contributed by atoms with Gasteiger partial charge in [-0.25, -0.2) is 0 Å². The Morgan fingerprint density at radius 2 is 1.29 bits per heavy atom. The highest BCUT2D eigenvalue weighted by molar-refractivity contribution is 5.83. The highest BCUT2D eigenvalue weighted by atomic mass is 16.1. The molecule has 2 heteroatoms. The van der Waals surface area contributed by atoms with E-state index >= 15 is 0 Å². The van der Waals surface area contributed by atoms with E-state index in [0.717, 1.165) is 44.4 Å². The third-order valence-corrected chi connectivity index (χ3v) is 4.08. The Hall–Kier alpha value is -0.660. The third kappa shape index (κ3) is 5.01. The van der Waals surface area contributed by atoms with Crippen LogP contribution in [-0.4, -0.2) is 11.6 Å². The van der Waals surface area contributed by atoms with E-state index in [1.54, 1.807) is 0 Å². The molecule has 2 fully saturated rings. The van der Waals surface area contributed by atoms with Crippen LogP contribution in [0.1, 0.15) is 65.7 Å². The molecule has 0 radical (unpaired) electrons. The van der Waals surface area contributed by atoms with E-state index in [-0.39, 0.29) is 0 Å². The zero-order chi connectivity index (χ0) is 12.8. The summed E-state index contributed by atoms with van der Waals surface area (Å²) >= 11 is 0. The maximum Gasteiger partial charge on any atom is 0.138 e. The van der Waals surface area contributed by atoms with Crippen LogP contribution in [0.5, 0.6) is 0 Å². The Balaban J connectivity index is 0.000000171. The first-order valence-electron chi connectivity index (χ1n) is 7.06. The zero-order valence-electron chi connectivity index (χ0n) is 11.5. The van der Waals surface area contributed by atoms with Crippen molar-refractivity contribution < 1.29 is 9.59 Å². The minimum atomic E-state index is 0.341. The lowest BCUT2D eigenvalue weighted by atomic mass is 9.82. The average Bonchev–Trinajstić information content (AvgIpc) is 2.31. The van der Waals surface area contributed by atoms with E-state index in [4.69, 9.17) is 0 Å². The van der Waals surface area contributed by atoms with Gasteiger partial charge in [0, 0.05) is 24.7 Å². The smallest absolute Gasteiger partial charge is 0.138 e. The van der Waals surface area contributed by atoms with Gasteiger partial charge in [0.2, 0.25) is 0 Å². The number of hydrogen-bond acceptors (Lipinski definition) is 2. The van der Waals surface area contributed by atoms with Crippen LogP contribution in [0.25, 0.3) is 0 Å². The first-order chi connectivity index (χ1) is 8.00. The van der Waals surface area contributed by atoms with Gasteiger partial charge in [-0.15, -0.1) is 0 Å². The summed E-state index contributed by atoms with van der Waals surface area (Å²) in [6, 6.07) is 0. The van der Waals surface area contributed by atoms with Crippen molar-refractivity contribution in [3.63, 3.8) is 0 Å². The first kappa shape index (κ1) is 14.4. The van der Waals surface area contributed by atoms with Gasteiger partial charge in [0.15, 0.2) is 0 Å². The van der Waals surface area contributed by atoms with Gasteiger partial charge in [-0.2, -0.15) is 0 Å². The molecule has 98 valence electrons. The monoisotopic (exact) mass is 238 g/mol. The summed E-state index contributed by atoms with van der Waals surface area (Å²) in [4.78, 5) is 21.7. The molecule has 0 aromatic heterocycles. The van der Waals surface area contributed by atoms with Crippen molar-refractivity contribution in [2.75, 3.05) is 0 Å². The summed E-state index contributed by atoms with van der Waals surface area (Å²) in [5.74, 6) is 2.42. The van der Waals surface area contributed by atoms with E-state index in [1.165, 1.54) is 6.42 Å². The van der Waals surface area contributed by atoms with Crippen LogP contribution < -0.4 is 0 Å². The van der Waals surface area contributed by atoms with Gasteiger partial charge in [0.25, 0.3) is 0 Å². The van der Waals surface area contributed by atoms with Crippen LogP contribution in [0, 0.1) is 17.8 Å². The molecule has 0 aliphatic heterocycles. The summed E-state index contributed by atoms with van der Waals surface area (Å²) < 4.78 is 0. The first-order valence-corrected chi connectivity index (χ1v) is 7.06. The predicted molar refractivity (Wildman–Crippen MR) is 69.8 cm³/mol. The van der Waals surface area contributed by atoms with Gasteiger partial charge in [-0.05, 0) is 31.6 Å². The van der Waals surface area contributed by atoms with Crippen molar-refractivity contribution >= 4 is 11.6 Å². The van der Waals surface area contributed by atoms with Crippen LogP contribution in [0.2, 0.25) is 0 Å². The Kier molecular flexibility index (Phi) is 5.87. The molecule has 0 spiro atoms. The molecule has 2 saturated carbocycles. The third-order valence-electron chi connectivity index (χ3n) is 4.08. The lowest BCUT2D eigenvalue weighted by Crippen LogP contribution is -2.23. The second-order valence-electron chi connectivity index (χ2n) is 5.86. The average molecular weight is 238 g/mol.